The summed E-state index contributed by atoms with van der Waals surface area (Å²) in [6.07, 6.45) is 12.8. The number of hydrogen-bond acceptors (Lipinski definition) is 2. The fourth-order valence-electron chi connectivity index (χ4n) is 3.17. The van der Waals surface area contributed by atoms with Crippen molar-refractivity contribution in [1.82, 2.24) is 0 Å². The lowest BCUT2D eigenvalue weighted by Gasteiger charge is -2.43. The molecule has 1 fully saturated rings. The molecule has 1 rings (SSSR count). The van der Waals surface area contributed by atoms with Crippen molar-refractivity contribution in [3.05, 3.63) is 0 Å². The van der Waals surface area contributed by atoms with Crippen LogP contribution >= 0.6 is 0 Å². The average molecular weight is 270 g/mol. The Labute approximate surface area is 119 Å². The van der Waals surface area contributed by atoms with E-state index in [2.05, 4.69) is 20.8 Å². The molecule has 0 bridgehead atoms. The molecule has 2 atom stereocenters. The molecular formula is C17H34O2. The minimum absolute atomic E-state index is 0.103. The van der Waals surface area contributed by atoms with E-state index < -0.39 is 5.60 Å². The Morgan fingerprint density at radius 2 is 1.63 bits per heavy atom. The molecule has 0 spiro atoms. The molecule has 0 saturated carbocycles. The zero-order valence-corrected chi connectivity index (χ0v) is 13.3. The molecule has 0 radical (unpaired) electrons. The van der Waals surface area contributed by atoms with E-state index >= 15 is 0 Å². The Hall–Kier alpha value is -0.0800. The first kappa shape index (κ1) is 17.0. The van der Waals surface area contributed by atoms with Crippen LogP contribution in [-0.4, -0.2) is 22.9 Å². The van der Waals surface area contributed by atoms with Crippen molar-refractivity contribution in [1.29, 1.82) is 0 Å². The number of unbranched alkanes of at least 4 members (excludes halogenated alkanes) is 6. The molecule has 1 aliphatic heterocycles. The van der Waals surface area contributed by atoms with Gasteiger partial charge < -0.3 is 9.84 Å². The van der Waals surface area contributed by atoms with Gasteiger partial charge in [0.2, 0.25) is 0 Å². The SMILES string of the molecule is CCCCCCCCCC1(O)CCOC(C)(CC)C1. The molecule has 0 amide bonds. The number of ether oxygens (including phenoxy) is 1. The maximum atomic E-state index is 10.7. The van der Waals surface area contributed by atoms with Gasteiger partial charge in [-0.25, -0.2) is 0 Å². The second kappa shape index (κ2) is 8.26. The van der Waals surface area contributed by atoms with Gasteiger partial charge in [-0.2, -0.15) is 0 Å². The fourth-order valence-corrected chi connectivity index (χ4v) is 3.17. The monoisotopic (exact) mass is 270 g/mol. The van der Waals surface area contributed by atoms with E-state index in [1.165, 1.54) is 44.9 Å². The van der Waals surface area contributed by atoms with E-state index in [0.717, 1.165) is 32.3 Å². The molecule has 114 valence electrons. The number of hydrogen-bond donors (Lipinski definition) is 1. The Morgan fingerprint density at radius 1 is 1.00 bits per heavy atom. The van der Waals surface area contributed by atoms with Crippen LogP contribution in [0.2, 0.25) is 0 Å². The van der Waals surface area contributed by atoms with Crippen molar-refractivity contribution >= 4 is 0 Å². The molecule has 0 aliphatic carbocycles. The Balaban J connectivity index is 2.16. The van der Waals surface area contributed by atoms with Crippen LogP contribution in [0, 0.1) is 0 Å². The Kier molecular flexibility index (Phi) is 7.38. The lowest BCUT2D eigenvalue weighted by atomic mass is 9.79. The highest BCUT2D eigenvalue weighted by molar-refractivity contribution is 4.92. The summed E-state index contributed by atoms with van der Waals surface area (Å²) < 4.78 is 5.82. The summed E-state index contributed by atoms with van der Waals surface area (Å²) in [4.78, 5) is 0. The van der Waals surface area contributed by atoms with Crippen molar-refractivity contribution in [3.63, 3.8) is 0 Å². The molecule has 0 aromatic carbocycles. The van der Waals surface area contributed by atoms with E-state index in [-0.39, 0.29) is 5.60 Å². The zero-order valence-electron chi connectivity index (χ0n) is 13.3. The molecule has 1 N–H and O–H groups in total. The van der Waals surface area contributed by atoms with Gasteiger partial charge in [-0.15, -0.1) is 0 Å². The first-order chi connectivity index (χ1) is 9.04. The number of rotatable bonds is 9. The highest BCUT2D eigenvalue weighted by Crippen LogP contribution is 2.37. The highest BCUT2D eigenvalue weighted by atomic mass is 16.5. The van der Waals surface area contributed by atoms with Gasteiger partial charge in [0.1, 0.15) is 0 Å². The molecule has 2 heteroatoms. The van der Waals surface area contributed by atoms with Crippen LogP contribution in [0.3, 0.4) is 0 Å². The van der Waals surface area contributed by atoms with Crippen LogP contribution < -0.4 is 0 Å². The topological polar surface area (TPSA) is 29.5 Å². The summed E-state index contributed by atoms with van der Waals surface area (Å²) in [5, 5.41) is 10.7. The minimum Gasteiger partial charge on any atom is -0.390 e. The third-order valence-electron chi connectivity index (χ3n) is 4.71. The molecule has 19 heavy (non-hydrogen) atoms. The van der Waals surface area contributed by atoms with E-state index in [4.69, 9.17) is 4.74 Å². The molecule has 0 aromatic heterocycles. The summed E-state index contributed by atoms with van der Waals surface area (Å²) in [5.41, 5.74) is -0.569. The maximum absolute atomic E-state index is 10.7. The van der Waals surface area contributed by atoms with Crippen molar-refractivity contribution in [2.45, 2.75) is 103 Å². The van der Waals surface area contributed by atoms with Gasteiger partial charge in [0.15, 0.2) is 0 Å². The molecule has 2 unspecified atom stereocenters. The standard InChI is InChI=1S/C17H34O2/c1-4-6-7-8-9-10-11-12-17(18)13-14-19-16(3,5-2)15-17/h18H,4-15H2,1-3H3. The van der Waals surface area contributed by atoms with Crippen LogP contribution in [0.1, 0.15) is 91.4 Å². The van der Waals surface area contributed by atoms with Crippen molar-refractivity contribution < 1.29 is 9.84 Å². The van der Waals surface area contributed by atoms with Gasteiger partial charge in [-0.1, -0.05) is 58.8 Å². The average Bonchev–Trinajstić information content (AvgIpc) is 2.37. The van der Waals surface area contributed by atoms with Crippen LogP contribution in [0.25, 0.3) is 0 Å². The van der Waals surface area contributed by atoms with E-state index in [1.807, 2.05) is 0 Å². The van der Waals surface area contributed by atoms with Crippen LogP contribution in [0.15, 0.2) is 0 Å². The van der Waals surface area contributed by atoms with E-state index in [1.54, 1.807) is 0 Å². The lowest BCUT2D eigenvalue weighted by Crippen LogP contribution is -2.47. The summed E-state index contributed by atoms with van der Waals surface area (Å²) in [6.45, 7) is 7.27. The summed E-state index contributed by atoms with van der Waals surface area (Å²) in [5.74, 6) is 0. The molecule has 0 aromatic rings. The third kappa shape index (κ3) is 6.27. The quantitative estimate of drug-likeness (QED) is 0.608. The largest absolute Gasteiger partial charge is 0.390 e. The van der Waals surface area contributed by atoms with Crippen LogP contribution in [0.5, 0.6) is 0 Å². The van der Waals surface area contributed by atoms with E-state index in [9.17, 15) is 5.11 Å². The zero-order chi connectivity index (χ0) is 14.2. The second-order valence-corrected chi connectivity index (χ2v) is 6.67. The first-order valence-electron chi connectivity index (χ1n) is 8.40. The van der Waals surface area contributed by atoms with Gasteiger partial charge in [0.05, 0.1) is 17.8 Å². The highest BCUT2D eigenvalue weighted by Gasteiger charge is 2.40. The molecular weight excluding hydrogens is 236 g/mol. The maximum Gasteiger partial charge on any atom is 0.0697 e. The summed E-state index contributed by atoms with van der Waals surface area (Å²) in [7, 11) is 0. The first-order valence-corrected chi connectivity index (χ1v) is 8.40. The fraction of sp³-hybridized carbons (Fsp3) is 1.00. The summed E-state index contributed by atoms with van der Waals surface area (Å²) in [6, 6.07) is 0. The Bertz CT molecular complexity index is 241. The minimum atomic E-state index is -0.466. The smallest absolute Gasteiger partial charge is 0.0697 e. The second-order valence-electron chi connectivity index (χ2n) is 6.67. The van der Waals surface area contributed by atoms with Gasteiger partial charge in [0, 0.05) is 6.42 Å². The van der Waals surface area contributed by atoms with Crippen LogP contribution in [-0.2, 0) is 4.74 Å². The predicted octanol–water partition coefficient (Wildman–Crippen LogP) is 4.84. The molecule has 1 heterocycles. The molecule has 1 aliphatic rings. The third-order valence-corrected chi connectivity index (χ3v) is 4.71. The van der Waals surface area contributed by atoms with Crippen LogP contribution in [0.4, 0.5) is 0 Å². The van der Waals surface area contributed by atoms with Gasteiger partial charge in [-0.3, -0.25) is 0 Å². The Morgan fingerprint density at radius 3 is 2.26 bits per heavy atom. The molecule has 2 nitrogen and oxygen atoms in total. The van der Waals surface area contributed by atoms with Gasteiger partial charge >= 0.3 is 0 Å². The summed E-state index contributed by atoms with van der Waals surface area (Å²) >= 11 is 0. The van der Waals surface area contributed by atoms with Gasteiger partial charge in [0.25, 0.3) is 0 Å². The predicted molar refractivity (Wildman–Crippen MR) is 81.4 cm³/mol. The molecule has 1 saturated heterocycles. The number of aliphatic hydroxyl groups is 1. The van der Waals surface area contributed by atoms with Crippen molar-refractivity contribution in [2.24, 2.45) is 0 Å². The lowest BCUT2D eigenvalue weighted by molar-refractivity contribution is -0.156. The van der Waals surface area contributed by atoms with Gasteiger partial charge in [-0.05, 0) is 26.2 Å². The normalized spacial score (nSPS) is 31.6. The van der Waals surface area contributed by atoms with Crippen molar-refractivity contribution in [2.75, 3.05) is 6.61 Å². The van der Waals surface area contributed by atoms with E-state index in [0.29, 0.717) is 0 Å². The van der Waals surface area contributed by atoms with Crippen molar-refractivity contribution in [3.8, 4) is 0 Å².